The monoisotopic (exact) mass is 369 g/mol. The van der Waals surface area contributed by atoms with Crippen LogP contribution in [-0.2, 0) is 13.5 Å². The molecular formula is C21H31N5O. The molecule has 1 saturated heterocycles. The largest absolute Gasteiger partial charge is 0.497 e. The van der Waals surface area contributed by atoms with Gasteiger partial charge in [-0.2, -0.15) is 5.10 Å². The zero-order valence-corrected chi connectivity index (χ0v) is 16.7. The zero-order valence-electron chi connectivity index (χ0n) is 16.7. The number of aliphatic imine (C=N–C) groups is 1. The minimum absolute atomic E-state index is 0.543. The predicted octanol–water partition coefficient (Wildman–Crippen LogP) is 2.82. The zero-order chi connectivity index (χ0) is 19.1. The Bertz CT molecular complexity index is 737. The summed E-state index contributed by atoms with van der Waals surface area (Å²) in [7, 11) is 3.67. The fourth-order valence-electron chi connectivity index (χ4n) is 3.56. The second-order valence-electron chi connectivity index (χ2n) is 7.07. The number of aryl methyl sites for hydroxylation is 2. The number of guanidine groups is 1. The highest BCUT2D eigenvalue weighted by Crippen LogP contribution is 2.26. The highest BCUT2D eigenvalue weighted by molar-refractivity contribution is 5.80. The molecular weight excluding hydrogens is 338 g/mol. The molecule has 1 unspecified atom stereocenters. The lowest BCUT2D eigenvalue weighted by Gasteiger charge is -2.21. The highest BCUT2D eigenvalue weighted by Gasteiger charge is 2.26. The van der Waals surface area contributed by atoms with Crippen LogP contribution in [0.25, 0.3) is 0 Å². The van der Waals surface area contributed by atoms with Gasteiger partial charge in [-0.25, -0.2) is 0 Å². The molecule has 1 N–H and O–H groups in total. The van der Waals surface area contributed by atoms with Crippen LogP contribution in [0.15, 0.2) is 41.7 Å². The van der Waals surface area contributed by atoms with E-state index < -0.39 is 0 Å². The molecule has 0 spiro atoms. The van der Waals surface area contributed by atoms with Gasteiger partial charge in [0.05, 0.1) is 13.3 Å². The van der Waals surface area contributed by atoms with Crippen molar-refractivity contribution in [3.8, 4) is 5.75 Å². The minimum atomic E-state index is 0.543. The molecule has 0 amide bonds. The molecule has 1 aliphatic heterocycles. The Balaban J connectivity index is 1.51. The maximum absolute atomic E-state index is 5.21. The van der Waals surface area contributed by atoms with Crippen molar-refractivity contribution < 1.29 is 4.74 Å². The fourth-order valence-corrected chi connectivity index (χ4v) is 3.56. The topological polar surface area (TPSA) is 54.7 Å². The van der Waals surface area contributed by atoms with Crippen molar-refractivity contribution in [2.45, 2.75) is 32.1 Å². The summed E-state index contributed by atoms with van der Waals surface area (Å²) >= 11 is 0. The number of aromatic nitrogens is 2. The highest BCUT2D eigenvalue weighted by atomic mass is 16.5. The maximum atomic E-state index is 5.21. The first-order valence-electron chi connectivity index (χ1n) is 9.84. The molecule has 1 aromatic carbocycles. The molecule has 6 heteroatoms. The molecule has 146 valence electrons. The van der Waals surface area contributed by atoms with E-state index >= 15 is 0 Å². The lowest BCUT2D eigenvalue weighted by atomic mass is 10.0. The third-order valence-corrected chi connectivity index (χ3v) is 5.06. The fraction of sp³-hybridized carbons (Fsp3) is 0.524. The van der Waals surface area contributed by atoms with E-state index in [4.69, 9.17) is 9.73 Å². The Kier molecular flexibility index (Phi) is 6.74. The SMILES string of the molecule is CCNC(=NCCCc1ccc(OC)cc1)N1CCC(c2cnn(C)c2)C1. The Morgan fingerprint density at radius 1 is 1.33 bits per heavy atom. The lowest BCUT2D eigenvalue weighted by molar-refractivity contribution is 0.414. The van der Waals surface area contributed by atoms with Gasteiger partial charge in [0, 0.05) is 45.3 Å². The normalized spacial score (nSPS) is 17.4. The van der Waals surface area contributed by atoms with Gasteiger partial charge in [-0.15, -0.1) is 0 Å². The number of ether oxygens (including phenoxy) is 1. The minimum Gasteiger partial charge on any atom is -0.497 e. The maximum Gasteiger partial charge on any atom is 0.193 e. The van der Waals surface area contributed by atoms with Gasteiger partial charge < -0.3 is 15.0 Å². The van der Waals surface area contributed by atoms with Crippen LogP contribution in [0.2, 0.25) is 0 Å². The molecule has 1 aromatic heterocycles. The number of hydrogen-bond donors (Lipinski definition) is 1. The third-order valence-electron chi connectivity index (χ3n) is 5.06. The summed E-state index contributed by atoms with van der Waals surface area (Å²) in [4.78, 5) is 7.25. The van der Waals surface area contributed by atoms with E-state index in [9.17, 15) is 0 Å². The van der Waals surface area contributed by atoms with Crippen LogP contribution in [0, 0.1) is 0 Å². The van der Waals surface area contributed by atoms with E-state index in [2.05, 4.69) is 40.6 Å². The molecule has 2 heterocycles. The van der Waals surface area contributed by atoms with Gasteiger partial charge in [0.25, 0.3) is 0 Å². The summed E-state index contributed by atoms with van der Waals surface area (Å²) in [6.07, 6.45) is 7.36. The number of methoxy groups -OCH3 is 1. The van der Waals surface area contributed by atoms with Gasteiger partial charge in [0.15, 0.2) is 5.96 Å². The van der Waals surface area contributed by atoms with Crippen LogP contribution in [0.5, 0.6) is 5.75 Å². The number of hydrogen-bond acceptors (Lipinski definition) is 3. The van der Waals surface area contributed by atoms with Gasteiger partial charge >= 0.3 is 0 Å². The molecule has 6 nitrogen and oxygen atoms in total. The molecule has 1 aliphatic rings. The summed E-state index contributed by atoms with van der Waals surface area (Å²) in [6.45, 7) is 5.91. The summed E-state index contributed by atoms with van der Waals surface area (Å²) in [5.41, 5.74) is 2.66. The second-order valence-corrected chi connectivity index (χ2v) is 7.07. The first kappa shape index (κ1) is 19.3. The smallest absolute Gasteiger partial charge is 0.193 e. The van der Waals surface area contributed by atoms with E-state index in [0.29, 0.717) is 5.92 Å². The predicted molar refractivity (Wildman–Crippen MR) is 109 cm³/mol. The molecule has 1 atom stereocenters. The van der Waals surface area contributed by atoms with Gasteiger partial charge in [0.1, 0.15) is 5.75 Å². The number of nitrogens with zero attached hydrogens (tertiary/aromatic N) is 4. The number of rotatable bonds is 7. The Hall–Kier alpha value is -2.50. The standard InChI is InChI=1S/C21H31N5O/c1-4-22-21(23-12-5-6-17-7-9-20(27-3)10-8-17)26-13-11-18(16-26)19-14-24-25(2)15-19/h7-10,14-15,18H,4-6,11-13,16H2,1-3H3,(H,22,23). The quantitative estimate of drug-likeness (QED) is 0.463. The second kappa shape index (κ2) is 9.44. The first-order valence-corrected chi connectivity index (χ1v) is 9.84. The van der Waals surface area contributed by atoms with Crippen molar-refractivity contribution >= 4 is 5.96 Å². The number of likely N-dealkylation sites (tertiary alicyclic amines) is 1. The van der Waals surface area contributed by atoms with Crippen molar-refractivity contribution in [2.75, 3.05) is 33.3 Å². The summed E-state index contributed by atoms with van der Waals surface area (Å²) in [6, 6.07) is 8.30. The molecule has 0 radical (unpaired) electrons. The van der Waals surface area contributed by atoms with E-state index in [1.54, 1.807) is 7.11 Å². The van der Waals surface area contributed by atoms with Crippen LogP contribution in [0.4, 0.5) is 0 Å². The van der Waals surface area contributed by atoms with Gasteiger partial charge in [-0.05, 0) is 49.4 Å². The number of benzene rings is 1. The summed E-state index contributed by atoms with van der Waals surface area (Å²) in [5, 5.41) is 7.77. The molecule has 0 aliphatic carbocycles. The lowest BCUT2D eigenvalue weighted by Crippen LogP contribution is -2.40. The van der Waals surface area contributed by atoms with Crippen molar-refractivity contribution in [1.82, 2.24) is 20.0 Å². The van der Waals surface area contributed by atoms with Crippen LogP contribution in [-0.4, -0.2) is 53.9 Å². The van der Waals surface area contributed by atoms with Crippen LogP contribution >= 0.6 is 0 Å². The molecule has 2 aromatic rings. The molecule has 0 bridgehead atoms. The average molecular weight is 370 g/mol. The van der Waals surface area contributed by atoms with Crippen LogP contribution in [0.3, 0.4) is 0 Å². The van der Waals surface area contributed by atoms with Crippen molar-refractivity contribution in [3.05, 3.63) is 47.8 Å². The first-order chi connectivity index (χ1) is 13.2. The van der Waals surface area contributed by atoms with Crippen LogP contribution in [0.1, 0.15) is 36.8 Å². The Morgan fingerprint density at radius 2 is 2.15 bits per heavy atom. The van der Waals surface area contributed by atoms with E-state index in [1.807, 2.05) is 30.1 Å². The molecule has 0 saturated carbocycles. The van der Waals surface area contributed by atoms with Crippen molar-refractivity contribution in [1.29, 1.82) is 0 Å². The van der Waals surface area contributed by atoms with Gasteiger partial charge in [-0.3, -0.25) is 9.67 Å². The Labute approximate surface area is 162 Å². The van der Waals surface area contributed by atoms with Gasteiger partial charge in [-0.1, -0.05) is 12.1 Å². The van der Waals surface area contributed by atoms with Crippen molar-refractivity contribution in [2.24, 2.45) is 12.0 Å². The van der Waals surface area contributed by atoms with Gasteiger partial charge in [0.2, 0.25) is 0 Å². The Morgan fingerprint density at radius 3 is 2.81 bits per heavy atom. The summed E-state index contributed by atoms with van der Waals surface area (Å²) in [5.74, 6) is 2.49. The van der Waals surface area contributed by atoms with E-state index in [-0.39, 0.29) is 0 Å². The van der Waals surface area contributed by atoms with Crippen LogP contribution < -0.4 is 10.1 Å². The third kappa shape index (κ3) is 5.25. The van der Waals surface area contributed by atoms with E-state index in [1.165, 1.54) is 11.1 Å². The molecule has 3 rings (SSSR count). The van der Waals surface area contributed by atoms with E-state index in [0.717, 1.165) is 57.2 Å². The molecule has 27 heavy (non-hydrogen) atoms. The van der Waals surface area contributed by atoms with Crippen molar-refractivity contribution in [3.63, 3.8) is 0 Å². The molecule has 1 fully saturated rings. The average Bonchev–Trinajstić information content (AvgIpc) is 3.34. The summed E-state index contributed by atoms with van der Waals surface area (Å²) < 4.78 is 7.10. The number of nitrogens with one attached hydrogen (secondary N) is 1.